The summed E-state index contributed by atoms with van der Waals surface area (Å²) >= 11 is 1.30. The second-order valence-corrected chi connectivity index (χ2v) is 8.78. The van der Waals surface area contributed by atoms with E-state index in [1.165, 1.54) is 16.7 Å². The monoisotopic (exact) mass is 466 g/mol. The molecule has 2 aromatic carbocycles. The lowest BCUT2D eigenvalue weighted by Crippen LogP contribution is -2.40. The molecule has 1 aromatic heterocycles. The highest BCUT2D eigenvalue weighted by Crippen LogP contribution is 2.30. The molecule has 2 heterocycles. The van der Waals surface area contributed by atoms with Crippen LogP contribution < -0.4 is 0 Å². The van der Waals surface area contributed by atoms with Crippen LogP contribution in [-0.4, -0.2) is 56.4 Å². The average Bonchev–Trinajstić information content (AvgIpc) is 3.17. The number of carbonyl (C=O) groups is 3. The first-order chi connectivity index (χ1) is 16.0. The van der Waals surface area contributed by atoms with Crippen molar-refractivity contribution in [2.75, 3.05) is 18.9 Å². The van der Waals surface area contributed by atoms with Crippen molar-refractivity contribution in [3.8, 4) is 0 Å². The minimum absolute atomic E-state index is 0.203. The van der Waals surface area contributed by atoms with E-state index in [2.05, 4.69) is 10.2 Å². The zero-order chi connectivity index (χ0) is 23.4. The number of hydrogen-bond donors (Lipinski definition) is 0. The summed E-state index contributed by atoms with van der Waals surface area (Å²) in [6.07, 6.45) is 3.16. The molecule has 0 N–H and O–H groups in total. The first-order valence-corrected chi connectivity index (χ1v) is 12.0. The van der Waals surface area contributed by atoms with Crippen molar-refractivity contribution in [2.24, 2.45) is 7.05 Å². The van der Waals surface area contributed by atoms with Crippen molar-refractivity contribution in [1.29, 1.82) is 0 Å². The van der Waals surface area contributed by atoms with Gasteiger partial charge in [0, 0.05) is 36.5 Å². The second kappa shape index (κ2) is 10.2. The largest absolute Gasteiger partial charge is 0.465 e. The highest BCUT2D eigenvalue weighted by atomic mass is 32.2. The summed E-state index contributed by atoms with van der Waals surface area (Å²) in [6, 6.07) is 11.1. The number of carbonyl (C=O) groups excluding carboxylic acids is 3. The van der Waals surface area contributed by atoms with Gasteiger partial charge in [-0.1, -0.05) is 42.4 Å². The van der Waals surface area contributed by atoms with Gasteiger partial charge >= 0.3 is 5.97 Å². The molecule has 0 atom stereocenters. The van der Waals surface area contributed by atoms with Crippen molar-refractivity contribution >= 4 is 40.3 Å². The Balaban J connectivity index is 1.28. The smallest absolute Gasteiger partial charge is 0.316 e. The van der Waals surface area contributed by atoms with E-state index in [1.54, 1.807) is 19.1 Å². The van der Waals surface area contributed by atoms with Crippen molar-refractivity contribution in [1.82, 2.24) is 19.7 Å². The van der Waals surface area contributed by atoms with Gasteiger partial charge in [-0.2, -0.15) is 0 Å². The maximum absolute atomic E-state index is 12.9. The van der Waals surface area contributed by atoms with Crippen LogP contribution in [0.4, 0.5) is 0 Å². The van der Waals surface area contributed by atoms with Gasteiger partial charge < -0.3 is 9.30 Å². The maximum atomic E-state index is 12.9. The number of esters is 1. The third kappa shape index (κ3) is 4.78. The zero-order valence-corrected chi connectivity index (χ0v) is 19.6. The molecule has 0 aliphatic carbocycles. The Hall–Kier alpha value is -3.20. The molecule has 1 aliphatic heterocycles. The van der Waals surface area contributed by atoms with Crippen LogP contribution in [0.3, 0.4) is 0 Å². The van der Waals surface area contributed by atoms with Gasteiger partial charge in [0.05, 0.1) is 12.4 Å². The minimum Gasteiger partial charge on any atom is -0.465 e. The molecule has 0 radical (unpaired) electrons. The summed E-state index contributed by atoms with van der Waals surface area (Å²) in [7, 11) is 1.88. The number of nitrogens with zero attached hydrogens (tertiary/aromatic N) is 4. The summed E-state index contributed by atoms with van der Waals surface area (Å²) in [4.78, 5) is 38.8. The third-order valence-electron chi connectivity index (χ3n) is 5.69. The van der Waals surface area contributed by atoms with Crippen molar-refractivity contribution in [3.05, 3.63) is 53.3 Å². The van der Waals surface area contributed by atoms with Gasteiger partial charge in [0.25, 0.3) is 11.8 Å². The average molecular weight is 467 g/mol. The fourth-order valence-electron chi connectivity index (χ4n) is 4.03. The molecule has 9 heteroatoms. The van der Waals surface area contributed by atoms with E-state index in [-0.39, 0.29) is 23.5 Å². The lowest BCUT2D eigenvalue weighted by Gasteiger charge is -2.27. The lowest BCUT2D eigenvalue weighted by molar-refractivity contribution is -0.139. The van der Waals surface area contributed by atoms with Crippen molar-refractivity contribution in [3.63, 3.8) is 0 Å². The van der Waals surface area contributed by atoms with Crippen LogP contribution in [0.1, 0.15) is 52.7 Å². The van der Waals surface area contributed by atoms with Gasteiger partial charge in [-0.15, -0.1) is 10.2 Å². The number of unbranched alkanes of at least 4 members (excludes halogenated alkanes) is 2. The lowest BCUT2D eigenvalue weighted by atomic mass is 9.94. The number of amides is 2. The predicted octanol–water partition coefficient (Wildman–Crippen LogP) is 3.63. The molecule has 172 valence electrons. The Labute approximate surface area is 196 Å². The first-order valence-electron chi connectivity index (χ1n) is 11.1. The number of aromatic nitrogens is 3. The van der Waals surface area contributed by atoms with Crippen LogP contribution in [0.15, 0.2) is 41.6 Å². The molecular formula is C24H26N4O4S. The van der Waals surface area contributed by atoms with Crippen LogP contribution in [0.5, 0.6) is 0 Å². The van der Waals surface area contributed by atoms with Gasteiger partial charge in [0.1, 0.15) is 5.82 Å². The highest BCUT2D eigenvalue weighted by Gasteiger charge is 2.32. The molecule has 33 heavy (non-hydrogen) atoms. The van der Waals surface area contributed by atoms with E-state index in [0.29, 0.717) is 29.4 Å². The number of imide groups is 1. The summed E-state index contributed by atoms with van der Waals surface area (Å²) in [6.45, 7) is 2.53. The molecule has 4 rings (SSSR count). The fourth-order valence-corrected chi connectivity index (χ4v) is 4.76. The summed E-state index contributed by atoms with van der Waals surface area (Å²) < 4.78 is 6.82. The molecule has 3 aromatic rings. The number of ether oxygens (including phenoxy) is 1. The predicted molar refractivity (Wildman–Crippen MR) is 125 cm³/mol. The van der Waals surface area contributed by atoms with Crippen molar-refractivity contribution < 1.29 is 19.1 Å². The van der Waals surface area contributed by atoms with Crippen LogP contribution in [0.2, 0.25) is 0 Å². The van der Waals surface area contributed by atoms with Gasteiger partial charge in [0.2, 0.25) is 0 Å². The minimum atomic E-state index is -0.271. The van der Waals surface area contributed by atoms with Crippen molar-refractivity contribution in [2.45, 2.75) is 37.8 Å². The third-order valence-corrected chi connectivity index (χ3v) is 6.68. The van der Waals surface area contributed by atoms with E-state index in [0.717, 1.165) is 42.3 Å². The fraction of sp³-hybridized carbons (Fsp3) is 0.375. The zero-order valence-electron chi connectivity index (χ0n) is 18.7. The summed E-state index contributed by atoms with van der Waals surface area (Å²) in [5.74, 6) is 0.329. The van der Waals surface area contributed by atoms with Crippen LogP contribution in [0.25, 0.3) is 10.8 Å². The van der Waals surface area contributed by atoms with E-state index < -0.39 is 0 Å². The topological polar surface area (TPSA) is 94.4 Å². The van der Waals surface area contributed by atoms with Crippen LogP contribution in [-0.2, 0) is 23.0 Å². The molecule has 1 aliphatic rings. The molecule has 0 bridgehead atoms. The molecule has 8 nitrogen and oxygen atoms in total. The molecule has 0 fully saturated rings. The maximum Gasteiger partial charge on any atom is 0.316 e. The normalized spacial score (nSPS) is 13.1. The Bertz CT molecular complexity index is 1160. The molecule has 2 amide bonds. The summed E-state index contributed by atoms with van der Waals surface area (Å²) in [5, 5.41) is 10.7. The molecule has 0 saturated heterocycles. The van der Waals surface area contributed by atoms with Gasteiger partial charge in [-0.25, -0.2) is 0 Å². The number of hydrogen-bond acceptors (Lipinski definition) is 7. The number of thioether (sulfide) groups is 1. The van der Waals surface area contributed by atoms with E-state index >= 15 is 0 Å². The quantitative estimate of drug-likeness (QED) is 0.195. The number of aryl methyl sites for hydroxylation is 1. The SMILES string of the molecule is CCOC(=O)CSc1nnc(CCCCCN2C(=O)c3cccc4cccc(c34)C2=O)n1C. The van der Waals surface area contributed by atoms with Crippen LogP contribution in [0, 0.1) is 0 Å². The van der Waals surface area contributed by atoms with E-state index in [4.69, 9.17) is 4.74 Å². The van der Waals surface area contributed by atoms with Gasteiger partial charge in [0.15, 0.2) is 5.16 Å². The highest BCUT2D eigenvalue weighted by molar-refractivity contribution is 7.99. The standard InChI is InChI=1S/C24H26N4O4S/c1-3-32-20(29)15-33-24-26-25-19(27(24)2)13-5-4-6-14-28-22(30)17-11-7-9-16-10-8-12-18(21(16)17)23(28)31/h7-12H,3-6,13-15H2,1-2H3. The Morgan fingerprint density at radius 3 is 2.36 bits per heavy atom. The molecule has 0 spiro atoms. The number of rotatable bonds is 10. The van der Waals surface area contributed by atoms with E-state index in [9.17, 15) is 14.4 Å². The summed E-state index contributed by atoms with van der Waals surface area (Å²) in [5.41, 5.74) is 1.18. The van der Waals surface area contributed by atoms with Crippen LogP contribution >= 0.6 is 11.8 Å². The Kier molecular flexibility index (Phi) is 7.08. The Morgan fingerprint density at radius 2 is 1.70 bits per heavy atom. The van der Waals surface area contributed by atoms with E-state index in [1.807, 2.05) is 35.9 Å². The van der Waals surface area contributed by atoms with Gasteiger partial charge in [-0.05, 0) is 37.3 Å². The Morgan fingerprint density at radius 1 is 1.00 bits per heavy atom. The molecule has 0 unspecified atom stereocenters. The molecule has 0 saturated carbocycles. The molecular weight excluding hydrogens is 440 g/mol. The first kappa shape index (κ1) is 23.0. The van der Waals surface area contributed by atoms with Gasteiger partial charge in [-0.3, -0.25) is 19.3 Å². The number of benzene rings is 2. The second-order valence-electron chi connectivity index (χ2n) is 7.83.